The Hall–Kier alpha value is -3.10. The minimum Gasteiger partial charge on any atom is -0.497 e. The summed E-state index contributed by atoms with van der Waals surface area (Å²) < 4.78 is 11.5. The van der Waals surface area contributed by atoms with E-state index in [-0.39, 0.29) is 0 Å². The van der Waals surface area contributed by atoms with E-state index < -0.39 is 5.91 Å². The number of nitrogens with zero attached hydrogens (tertiary/aromatic N) is 3. The molecule has 1 fully saturated rings. The predicted octanol–water partition coefficient (Wildman–Crippen LogP) is 4.51. The molecule has 2 aromatic carbocycles. The second kappa shape index (κ2) is 10.9. The lowest BCUT2D eigenvalue weighted by Gasteiger charge is -2.19. The Kier molecular flexibility index (Phi) is 7.70. The number of methoxy groups -OCH3 is 1. The van der Waals surface area contributed by atoms with Gasteiger partial charge in [0.25, 0.3) is 0 Å². The van der Waals surface area contributed by atoms with Crippen LogP contribution in [0.15, 0.2) is 64.5 Å². The number of primary amides is 1. The molecule has 178 valence electrons. The van der Waals surface area contributed by atoms with Crippen LogP contribution in [0.1, 0.15) is 46.9 Å². The number of carbonyl (C=O) groups is 1. The summed E-state index contributed by atoms with van der Waals surface area (Å²) in [6.45, 7) is 0.368. The first-order valence-electron chi connectivity index (χ1n) is 11.3. The van der Waals surface area contributed by atoms with Crippen LogP contribution in [0.5, 0.6) is 11.6 Å². The maximum absolute atomic E-state index is 11.4. The molecule has 0 aliphatic heterocycles. The normalized spacial score (nSPS) is 17.6. The Morgan fingerprint density at radius 1 is 1.18 bits per heavy atom. The van der Waals surface area contributed by atoms with Gasteiger partial charge in [0, 0.05) is 28.6 Å². The molecule has 8 heteroatoms. The van der Waals surface area contributed by atoms with E-state index in [1.807, 2.05) is 42.6 Å². The van der Waals surface area contributed by atoms with Crippen molar-refractivity contribution in [3.05, 3.63) is 71.7 Å². The average Bonchev–Trinajstić information content (AvgIpc) is 3.35. The fraction of sp³-hybridized carbons (Fsp3) is 0.346. The van der Waals surface area contributed by atoms with E-state index in [1.54, 1.807) is 19.2 Å². The van der Waals surface area contributed by atoms with Crippen molar-refractivity contribution < 1.29 is 14.3 Å². The second-order valence-corrected chi connectivity index (χ2v) is 9.77. The van der Waals surface area contributed by atoms with Gasteiger partial charge < -0.3 is 20.1 Å². The van der Waals surface area contributed by atoms with Crippen LogP contribution in [-0.2, 0) is 6.61 Å². The first-order chi connectivity index (χ1) is 16.4. The molecule has 0 bridgehead atoms. The van der Waals surface area contributed by atoms with Crippen LogP contribution in [-0.4, -0.2) is 48.0 Å². The zero-order chi connectivity index (χ0) is 24.1. The number of benzene rings is 2. The maximum atomic E-state index is 11.4. The van der Waals surface area contributed by atoms with E-state index in [2.05, 4.69) is 19.0 Å². The van der Waals surface area contributed by atoms with E-state index >= 15 is 0 Å². The summed E-state index contributed by atoms with van der Waals surface area (Å²) in [6.07, 6.45) is 5.10. The number of carbonyl (C=O) groups excluding carboxylic acids is 1. The first-order valence-corrected chi connectivity index (χ1v) is 12.1. The van der Waals surface area contributed by atoms with Gasteiger partial charge in [0.1, 0.15) is 18.2 Å². The van der Waals surface area contributed by atoms with Crippen LogP contribution in [0.2, 0.25) is 0 Å². The third-order valence-electron chi connectivity index (χ3n) is 6.12. The molecule has 1 heterocycles. The third kappa shape index (κ3) is 5.87. The number of aromatic nitrogens is 2. The van der Waals surface area contributed by atoms with Gasteiger partial charge in [-0.15, -0.1) is 0 Å². The van der Waals surface area contributed by atoms with Crippen LogP contribution in [0.4, 0.5) is 0 Å². The summed E-state index contributed by atoms with van der Waals surface area (Å²) in [6, 6.07) is 15.5. The van der Waals surface area contributed by atoms with Crippen LogP contribution < -0.4 is 15.2 Å². The topological polar surface area (TPSA) is 90.6 Å². The molecular formula is C26H30N4O3S. The molecule has 0 saturated heterocycles. The van der Waals surface area contributed by atoms with Gasteiger partial charge in [-0.3, -0.25) is 4.79 Å². The number of amides is 1. The Morgan fingerprint density at radius 2 is 1.97 bits per heavy atom. The molecule has 3 aromatic rings. The van der Waals surface area contributed by atoms with Crippen molar-refractivity contribution in [1.82, 2.24) is 14.9 Å². The van der Waals surface area contributed by atoms with Crippen molar-refractivity contribution in [2.75, 3.05) is 21.2 Å². The largest absolute Gasteiger partial charge is 0.497 e. The number of rotatable bonds is 9. The minimum absolute atomic E-state index is 0.320. The van der Waals surface area contributed by atoms with Gasteiger partial charge in [-0.25, -0.2) is 4.98 Å². The zero-order valence-corrected chi connectivity index (χ0v) is 20.5. The van der Waals surface area contributed by atoms with Gasteiger partial charge in [0.15, 0.2) is 0 Å². The third-order valence-corrected chi connectivity index (χ3v) is 7.13. The van der Waals surface area contributed by atoms with Gasteiger partial charge in [-0.05, 0) is 75.3 Å². The Bertz CT molecular complexity index is 1140. The van der Waals surface area contributed by atoms with Gasteiger partial charge >= 0.3 is 0 Å². The summed E-state index contributed by atoms with van der Waals surface area (Å²) in [5, 5.41) is 0. The van der Waals surface area contributed by atoms with E-state index in [9.17, 15) is 4.79 Å². The molecule has 0 spiro atoms. The fourth-order valence-corrected chi connectivity index (χ4v) is 4.95. The predicted molar refractivity (Wildman–Crippen MR) is 133 cm³/mol. The lowest BCUT2D eigenvalue weighted by molar-refractivity contribution is 0.1000. The highest BCUT2D eigenvalue weighted by molar-refractivity contribution is 7.99. The van der Waals surface area contributed by atoms with Crippen molar-refractivity contribution in [3.63, 3.8) is 0 Å². The number of hydrogen-bond donors (Lipinski definition) is 1. The number of hydrogen-bond acceptors (Lipinski definition) is 7. The van der Waals surface area contributed by atoms with Gasteiger partial charge in [-0.2, -0.15) is 4.98 Å². The molecule has 7 nitrogen and oxygen atoms in total. The lowest BCUT2D eigenvalue weighted by Crippen LogP contribution is -2.24. The average molecular weight is 479 g/mol. The highest BCUT2D eigenvalue weighted by atomic mass is 32.2. The summed E-state index contributed by atoms with van der Waals surface area (Å²) >= 11 is 1.50. The molecule has 1 amide bonds. The first kappa shape index (κ1) is 24.0. The van der Waals surface area contributed by atoms with E-state index in [0.29, 0.717) is 30.0 Å². The summed E-state index contributed by atoms with van der Waals surface area (Å²) in [7, 11) is 5.90. The van der Waals surface area contributed by atoms with Gasteiger partial charge in [0.05, 0.1) is 12.0 Å². The van der Waals surface area contributed by atoms with Gasteiger partial charge in [-0.1, -0.05) is 23.9 Å². The molecule has 1 aliphatic rings. The monoisotopic (exact) mass is 478 g/mol. The molecule has 2 N–H and O–H groups in total. The summed E-state index contributed by atoms with van der Waals surface area (Å²) in [5.74, 6) is 2.05. The molecular weight excluding hydrogens is 448 g/mol. The number of ether oxygens (including phenoxy) is 2. The SMILES string of the molecule is COc1cccc(COc2nc(C3CC[C@@H](N(C)C)C3)ncc2Sc2ccc(C(N)=O)cc2)c1. The Labute approximate surface area is 204 Å². The molecule has 2 atom stereocenters. The molecule has 1 aromatic heterocycles. The van der Waals surface area contributed by atoms with Crippen LogP contribution in [0.25, 0.3) is 0 Å². The van der Waals surface area contributed by atoms with Gasteiger partial charge in [0.2, 0.25) is 11.8 Å². The molecule has 1 unspecified atom stereocenters. The van der Waals surface area contributed by atoms with Crippen molar-refractivity contribution >= 4 is 17.7 Å². The van der Waals surface area contributed by atoms with Crippen LogP contribution in [0.3, 0.4) is 0 Å². The second-order valence-electron chi connectivity index (χ2n) is 8.66. The molecule has 0 radical (unpaired) electrons. The quantitative estimate of drug-likeness (QED) is 0.484. The van der Waals surface area contributed by atoms with Crippen molar-refractivity contribution in [1.29, 1.82) is 0 Å². The number of nitrogens with two attached hydrogens (primary N) is 1. The summed E-state index contributed by atoms with van der Waals surface area (Å²) in [5.41, 5.74) is 6.83. The fourth-order valence-electron chi connectivity index (χ4n) is 4.13. The van der Waals surface area contributed by atoms with E-state index in [4.69, 9.17) is 25.2 Å². The Balaban J connectivity index is 1.57. The maximum Gasteiger partial charge on any atom is 0.248 e. The smallest absolute Gasteiger partial charge is 0.248 e. The van der Waals surface area contributed by atoms with Crippen molar-refractivity contribution in [2.24, 2.45) is 5.73 Å². The Morgan fingerprint density at radius 3 is 2.65 bits per heavy atom. The van der Waals surface area contributed by atoms with Crippen LogP contribution in [0, 0.1) is 0 Å². The molecule has 4 rings (SSSR count). The highest BCUT2D eigenvalue weighted by Gasteiger charge is 2.29. The molecule has 1 aliphatic carbocycles. The van der Waals surface area contributed by atoms with Crippen molar-refractivity contribution in [3.8, 4) is 11.6 Å². The molecule has 1 saturated carbocycles. The summed E-state index contributed by atoms with van der Waals surface area (Å²) in [4.78, 5) is 25.0. The molecule has 34 heavy (non-hydrogen) atoms. The van der Waals surface area contributed by atoms with Crippen molar-refractivity contribution in [2.45, 2.75) is 47.6 Å². The lowest BCUT2D eigenvalue weighted by atomic mass is 10.1. The van der Waals surface area contributed by atoms with E-state index in [0.717, 1.165) is 46.2 Å². The highest BCUT2D eigenvalue weighted by Crippen LogP contribution is 2.38. The standard InChI is InChI=1S/C26H30N4O3S/c1-30(2)20-10-7-19(14-20)25-28-15-23(34-22-11-8-18(9-12-22)24(27)31)26(29-25)33-16-17-5-4-6-21(13-17)32-3/h4-6,8-9,11-13,15,19-20H,7,10,14,16H2,1-3H3,(H2,27,31)/t19?,20-/m1/s1. The van der Waals surface area contributed by atoms with Crippen LogP contribution >= 0.6 is 11.8 Å². The minimum atomic E-state index is -0.445. The zero-order valence-electron chi connectivity index (χ0n) is 19.7. The van der Waals surface area contributed by atoms with E-state index in [1.165, 1.54) is 11.8 Å².